The Bertz CT molecular complexity index is 289. The topological polar surface area (TPSA) is 43.8 Å². The second kappa shape index (κ2) is 3.62. The summed E-state index contributed by atoms with van der Waals surface area (Å²) in [4.78, 5) is 0. The summed E-state index contributed by atoms with van der Waals surface area (Å²) < 4.78 is 1.78. The van der Waals surface area contributed by atoms with E-state index in [2.05, 4.69) is 5.10 Å². The molecule has 1 heterocycles. The van der Waals surface area contributed by atoms with Gasteiger partial charge < -0.3 is 5.73 Å². The molecule has 0 aliphatic heterocycles. The van der Waals surface area contributed by atoms with Crippen LogP contribution in [0.4, 0.5) is 5.69 Å². The summed E-state index contributed by atoms with van der Waals surface area (Å²) in [6.07, 6.45) is 7.24. The van der Waals surface area contributed by atoms with Gasteiger partial charge in [-0.3, -0.25) is 4.68 Å². The van der Waals surface area contributed by atoms with Gasteiger partial charge in [0.25, 0.3) is 0 Å². The first-order valence-electron chi connectivity index (χ1n) is 4.71. The van der Waals surface area contributed by atoms with E-state index < -0.39 is 0 Å². The summed E-state index contributed by atoms with van der Waals surface area (Å²) in [6.45, 7) is 0. The summed E-state index contributed by atoms with van der Waals surface area (Å²) >= 11 is 1.84. The Morgan fingerprint density at radius 3 is 2.77 bits per heavy atom. The predicted molar refractivity (Wildman–Crippen MR) is 55.7 cm³/mol. The molecule has 1 aromatic rings. The Kier molecular flexibility index (Phi) is 2.49. The van der Waals surface area contributed by atoms with Gasteiger partial charge >= 0.3 is 0 Å². The summed E-state index contributed by atoms with van der Waals surface area (Å²) in [6, 6.07) is 0. The first kappa shape index (κ1) is 8.94. The number of hydrogen-bond acceptors (Lipinski definition) is 3. The molecule has 0 radical (unpaired) electrons. The third kappa shape index (κ3) is 1.99. The van der Waals surface area contributed by atoms with Crippen molar-refractivity contribution in [3.63, 3.8) is 0 Å². The van der Waals surface area contributed by atoms with Gasteiger partial charge in [-0.05, 0) is 12.8 Å². The van der Waals surface area contributed by atoms with Crippen molar-refractivity contribution in [1.29, 1.82) is 0 Å². The zero-order valence-corrected chi connectivity index (χ0v) is 8.68. The van der Waals surface area contributed by atoms with Gasteiger partial charge in [0, 0.05) is 18.5 Å². The molecule has 0 aromatic carbocycles. The second-order valence-electron chi connectivity index (χ2n) is 3.59. The van der Waals surface area contributed by atoms with E-state index in [9.17, 15) is 0 Å². The molecule has 13 heavy (non-hydrogen) atoms. The standard InChI is InChI=1S/C9H15N3S/c1-12-6-8(10)9(11-12)13-7-4-2-3-5-7/h6-7H,2-5,10H2,1H3. The zero-order valence-electron chi connectivity index (χ0n) is 7.86. The van der Waals surface area contributed by atoms with Gasteiger partial charge in [-0.2, -0.15) is 5.10 Å². The van der Waals surface area contributed by atoms with Crippen molar-refractivity contribution in [2.24, 2.45) is 7.05 Å². The number of aromatic nitrogens is 2. The molecule has 1 saturated carbocycles. The minimum Gasteiger partial charge on any atom is -0.395 e. The van der Waals surface area contributed by atoms with Gasteiger partial charge in [0.15, 0.2) is 0 Å². The molecule has 2 N–H and O–H groups in total. The monoisotopic (exact) mass is 197 g/mol. The van der Waals surface area contributed by atoms with Crippen LogP contribution in [0.2, 0.25) is 0 Å². The number of thioether (sulfide) groups is 1. The molecule has 0 spiro atoms. The lowest BCUT2D eigenvalue weighted by molar-refractivity contribution is 0.736. The SMILES string of the molecule is Cn1cc(N)c(SC2CCCC2)n1. The molecule has 72 valence electrons. The Labute approximate surface area is 82.7 Å². The summed E-state index contributed by atoms with van der Waals surface area (Å²) in [5, 5.41) is 6.08. The first-order chi connectivity index (χ1) is 6.25. The van der Waals surface area contributed by atoms with Crippen LogP contribution in [0.1, 0.15) is 25.7 Å². The van der Waals surface area contributed by atoms with Crippen LogP contribution in [-0.2, 0) is 7.05 Å². The normalized spacial score (nSPS) is 18.2. The van der Waals surface area contributed by atoms with Gasteiger partial charge in [-0.25, -0.2) is 0 Å². The van der Waals surface area contributed by atoms with Crippen LogP contribution in [-0.4, -0.2) is 15.0 Å². The highest BCUT2D eigenvalue weighted by molar-refractivity contribution is 8.00. The van der Waals surface area contributed by atoms with E-state index in [-0.39, 0.29) is 0 Å². The van der Waals surface area contributed by atoms with E-state index in [1.54, 1.807) is 4.68 Å². The highest BCUT2D eigenvalue weighted by Crippen LogP contribution is 2.35. The molecule has 0 unspecified atom stereocenters. The second-order valence-corrected chi connectivity index (χ2v) is 4.88. The molecule has 3 nitrogen and oxygen atoms in total. The maximum atomic E-state index is 5.82. The van der Waals surface area contributed by atoms with Crippen LogP contribution in [0.5, 0.6) is 0 Å². The van der Waals surface area contributed by atoms with Crippen LogP contribution < -0.4 is 5.73 Å². The molecule has 1 aliphatic carbocycles. The molecule has 2 rings (SSSR count). The largest absolute Gasteiger partial charge is 0.395 e. The number of aryl methyl sites for hydroxylation is 1. The van der Waals surface area contributed by atoms with Crippen LogP contribution in [0.15, 0.2) is 11.2 Å². The van der Waals surface area contributed by atoms with E-state index >= 15 is 0 Å². The summed E-state index contributed by atoms with van der Waals surface area (Å²) in [5.41, 5.74) is 6.63. The third-order valence-corrected chi connectivity index (χ3v) is 3.75. The van der Waals surface area contributed by atoms with Crippen LogP contribution in [0, 0.1) is 0 Å². The molecule has 0 saturated heterocycles. The van der Waals surface area contributed by atoms with E-state index in [0.29, 0.717) is 0 Å². The Morgan fingerprint density at radius 1 is 1.54 bits per heavy atom. The molecule has 0 bridgehead atoms. The van der Waals surface area contributed by atoms with E-state index in [1.807, 2.05) is 25.0 Å². The van der Waals surface area contributed by atoms with Gasteiger partial charge in [0.2, 0.25) is 0 Å². The number of nitrogens with two attached hydrogens (primary N) is 1. The van der Waals surface area contributed by atoms with Crippen LogP contribution >= 0.6 is 11.8 Å². The minimum absolute atomic E-state index is 0.747. The van der Waals surface area contributed by atoms with Gasteiger partial charge in [-0.15, -0.1) is 0 Å². The molecular weight excluding hydrogens is 182 g/mol. The summed E-state index contributed by atoms with van der Waals surface area (Å²) in [5.74, 6) is 0. The smallest absolute Gasteiger partial charge is 0.141 e. The van der Waals surface area contributed by atoms with Crippen molar-refractivity contribution in [2.75, 3.05) is 5.73 Å². The molecule has 1 aromatic heterocycles. The molecular formula is C9H15N3S. The van der Waals surface area contributed by atoms with Gasteiger partial charge in [0.05, 0.1) is 5.69 Å². The van der Waals surface area contributed by atoms with Crippen molar-refractivity contribution in [3.8, 4) is 0 Å². The lowest BCUT2D eigenvalue weighted by atomic mass is 10.4. The molecule has 4 heteroatoms. The zero-order chi connectivity index (χ0) is 9.26. The average molecular weight is 197 g/mol. The maximum Gasteiger partial charge on any atom is 0.141 e. The van der Waals surface area contributed by atoms with Crippen molar-refractivity contribution in [2.45, 2.75) is 36.0 Å². The number of nitrogens with zero attached hydrogens (tertiary/aromatic N) is 2. The van der Waals surface area contributed by atoms with Crippen molar-refractivity contribution in [1.82, 2.24) is 9.78 Å². The molecule has 1 aliphatic rings. The predicted octanol–water partition coefficient (Wildman–Crippen LogP) is 2.04. The van der Waals surface area contributed by atoms with E-state index in [1.165, 1.54) is 25.7 Å². The fourth-order valence-corrected chi connectivity index (χ4v) is 2.99. The molecule has 1 fully saturated rings. The first-order valence-corrected chi connectivity index (χ1v) is 5.59. The maximum absolute atomic E-state index is 5.82. The van der Waals surface area contributed by atoms with E-state index in [0.717, 1.165) is 16.0 Å². The highest BCUT2D eigenvalue weighted by atomic mass is 32.2. The van der Waals surface area contributed by atoms with Crippen molar-refractivity contribution in [3.05, 3.63) is 6.20 Å². The summed E-state index contributed by atoms with van der Waals surface area (Å²) in [7, 11) is 1.91. The van der Waals surface area contributed by atoms with Crippen LogP contribution in [0.3, 0.4) is 0 Å². The Balaban J connectivity index is 2.03. The minimum atomic E-state index is 0.747. The number of rotatable bonds is 2. The highest BCUT2D eigenvalue weighted by Gasteiger charge is 2.18. The van der Waals surface area contributed by atoms with Crippen molar-refractivity contribution < 1.29 is 0 Å². The lowest BCUT2D eigenvalue weighted by Gasteiger charge is -2.05. The number of nitrogen functional groups attached to an aromatic ring is 1. The van der Waals surface area contributed by atoms with Gasteiger partial charge in [-0.1, -0.05) is 24.6 Å². The Hall–Kier alpha value is -0.640. The third-order valence-electron chi connectivity index (χ3n) is 2.40. The van der Waals surface area contributed by atoms with Gasteiger partial charge in [0.1, 0.15) is 5.03 Å². The number of anilines is 1. The van der Waals surface area contributed by atoms with Crippen molar-refractivity contribution >= 4 is 17.4 Å². The molecule has 0 amide bonds. The van der Waals surface area contributed by atoms with E-state index in [4.69, 9.17) is 5.73 Å². The lowest BCUT2D eigenvalue weighted by Crippen LogP contribution is -1.96. The molecule has 0 atom stereocenters. The number of hydrogen-bond donors (Lipinski definition) is 1. The quantitative estimate of drug-likeness (QED) is 0.789. The van der Waals surface area contributed by atoms with Crippen LogP contribution in [0.25, 0.3) is 0 Å². The Morgan fingerprint density at radius 2 is 2.23 bits per heavy atom. The fourth-order valence-electron chi connectivity index (χ4n) is 1.74. The fraction of sp³-hybridized carbons (Fsp3) is 0.667. The average Bonchev–Trinajstić information content (AvgIpc) is 2.63.